The maximum Gasteiger partial charge on any atom is 0.253 e. The normalized spacial score (nSPS) is 15.5. The average Bonchev–Trinajstić information content (AvgIpc) is 2.98. The van der Waals surface area contributed by atoms with Crippen molar-refractivity contribution in [3.8, 4) is 0 Å². The number of hydrogen-bond acceptors (Lipinski definition) is 3. The van der Waals surface area contributed by atoms with Gasteiger partial charge in [-0.05, 0) is 56.6 Å². The lowest BCUT2D eigenvalue weighted by atomic mass is 10.1. The first kappa shape index (κ1) is 15.0. The lowest BCUT2D eigenvalue weighted by Gasteiger charge is -2.21. The van der Waals surface area contributed by atoms with Crippen molar-refractivity contribution >= 4 is 5.91 Å². The fraction of sp³-hybridized carbons (Fsp3) is 0.562. The number of nitrogens with zero attached hydrogens (tertiary/aromatic N) is 2. The summed E-state index contributed by atoms with van der Waals surface area (Å²) < 4.78 is 0. The smallest absolute Gasteiger partial charge is 0.253 e. The molecule has 1 amide bonds. The van der Waals surface area contributed by atoms with Gasteiger partial charge < -0.3 is 15.5 Å². The van der Waals surface area contributed by atoms with E-state index >= 15 is 0 Å². The minimum atomic E-state index is 0.100. The molecule has 1 aromatic rings. The summed E-state index contributed by atoms with van der Waals surface area (Å²) in [6, 6.07) is 7.79. The highest BCUT2D eigenvalue weighted by Gasteiger charge is 2.15. The van der Waals surface area contributed by atoms with Crippen LogP contribution in [0, 0.1) is 0 Å². The van der Waals surface area contributed by atoms with Crippen LogP contribution in [0.5, 0.6) is 0 Å². The molecule has 2 N–H and O–H groups in total. The van der Waals surface area contributed by atoms with Crippen LogP contribution in [-0.4, -0.2) is 55.5 Å². The molecule has 1 aromatic carbocycles. The van der Waals surface area contributed by atoms with Crippen molar-refractivity contribution < 1.29 is 4.79 Å². The van der Waals surface area contributed by atoms with Crippen LogP contribution < -0.4 is 5.73 Å². The number of carbonyl (C=O) groups excluding carboxylic acids is 1. The zero-order valence-corrected chi connectivity index (χ0v) is 12.3. The monoisotopic (exact) mass is 275 g/mol. The summed E-state index contributed by atoms with van der Waals surface area (Å²) in [6.07, 6.45) is 3.44. The van der Waals surface area contributed by atoms with Crippen LogP contribution in [-0.2, 0) is 6.42 Å². The van der Waals surface area contributed by atoms with Gasteiger partial charge in [-0.2, -0.15) is 0 Å². The lowest BCUT2D eigenvalue weighted by molar-refractivity contribution is 0.0782. The van der Waals surface area contributed by atoms with Crippen LogP contribution in [0.2, 0.25) is 0 Å². The minimum absolute atomic E-state index is 0.100. The van der Waals surface area contributed by atoms with Crippen LogP contribution in [0.1, 0.15) is 28.8 Å². The summed E-state index contributed by atoms with van der Waals surface area (Å²) >= 11 is 0. The van der Waals surface area contributed by atoms with Crippen LogP contribution in [0.15, 0.2) is 24.3 Å². The van der Waals surface area contributed by atoms with Crippen molar-refractivity contribution in [2.45, 2.75) is 19.3 Å². The SMILES string of the molecule is CN(CCN1CCCC1)C(=O)c1ccc(CCN)cc1. The molecule has 1 saturated heterocycles. The van der Waals surface area contributed by atoms with E-state index in [1.54, 1.807) is 0 Å². The Labute approximate surface area is 121 Å². The Hall–Kier alpha value is -1.39. The van der Waals surface area contributed by atoms with Gasteiger partial charge in [0, 0.05) is 25.7 Å². The second-order valence-electron chi connectivity index (χ2n) is 5.51. The fourth-order valence-electron chi connectivity index (χ4n) is 2.60. The molecule has 2 rings (SSSR count). The van der Waals surface area contributed by atoms with Crippen molar-refractivity contribution in [2.75, 3.05) is 39.8 Å². The molecule has 0 unspecified atom stereocenters. The van der Waals surface area contributed by atoms with E-state index in [4.69, 9.17) is 5.73 Å². The highest BCUT2D eigenvalue weighted by Crippen LogP contribution is 2.09. The Morgan fingerprint density at radius 2 is 1.90 bits per heavy atom. The number of likely N-dealkylation sites (tertiary alicyclic amines) is 1. The molecule has 20 heavy (non-hydrogen) atoms. The molecular weight excluding hydrogens is 250 g/mol. The number of nitrogens with two attached hydrogens (primary N) is 1. The Balaban J connectivity index is 1.85. The van der Waals surface area contributed by atoms with Crippen LogP contribution >= 0.6 is 0 Å². The Morgan fingerprint density at radius 3 is 2.50 bits per heavy atom. The Kier molecular flexibility index (Phi) is 5.56. The number of benzene rings is 1. The van der Waals surface area contributed by atoms with Gasteiger partial charge in [-0.3, -0.25) is 4.79 Å². The van der Waals surface area contributed by atoms with E-state index < -0.39 is 0 Å². The molecule has 1 aliphatic heterocycles. The third-order valence-electron chi connectivity index (χ3n) is 3.93. The van der Waals surface area contributed by atoms with Crippen molar-refractivity contribution in [1.82, 2.24) is 9.80 Å². The largest absolute Gasteiger partial charge is 0.340 e. The number of likely N-dealkylation sites (N-methyl/N-ethyl adjacent to an activating group) is 1. The molecule has 4 nitrogen and oxygen atoms in total. The number of rotatable bonds is 6. The molecule has 1 heterocycles. The fourth-order valence-corrected chi connectivity index (χ4v) is 2.60. The summed E-state index contributed by atoms with van der Waals surface area (Å²) in [5.74, 6) is 0.100. The maximum absolute atomic E-state index is 12.3. The molecule has 4 heteroatoms. The van der Waals surface area contributed by atoms with E-state index in [1.807, 2.05) is 36.2 Å². The van der Waals surface area contributed by atoms with Crippen LogP contribution in [0.25, 0.3) is 0 Å². The molecule has 1 fully saturated rings. The number of amides is 1. The third-order valence-corrected chi connectivity index (χ3v) is 3.93. The predicted octanol–water partition coefficient (Wildman–Crippen LogP) is 1.36. The lowest BCUT2D eigenvalue weighted by Crippen LogP contribution is -2.35. The molecule has 0 radical (unpaired) electrons. The van der Waals surface area contributed by atoms with E-state index in [0.717, 1.165) is 25.1 Å². The molecule has 0 atom stereocenters. The van der Waals surface area contributed by atoms with E-state index in [9.17, 15) is 4.79 Å². The molecule has 110 valence electrons. The standard InChI is InChI=1S/C16H25N3O/c1-18(12-13-19-10-2-3-11-19)16(20)15-6-4-14(5-7-15)8-9-17/h4-7H,2-3,8-13,17H2,1H3. The zero-order valence-electron chi connectivity index (χ0n) is 12.3. The summed E-state index contributed by atoms with van der Waals surface area (Å²) in [5, 5.41) is 0. The van der Waals surface area contributed by atoms with Crippen LogP contribution in [0.3, 0.4) is 0 Å². The predicted molar refractivity (Wildman–Crippen MR) is 81.8 cm³/mol. The molecule has 0 saturated carbocycles. The third kappa shape index (κ3) is 4.05. The van der Waals surface area contributed by atoms with Gasteiger partial charge >= 0.3 is 0 Å². The molecule has 0 spiro atoms. The van der Waals surface area contributed by atoms with Gasteiger partial charge in [0.2, 0.25) is 0 Å². The minimum Gasteiger partial charge on any atom is -0.340 e. The van der Waals surface area contributed by atoms with Gasteiger partial charge in [0.15, 0.2) is 0 Å². The molecular formula is C16H25N3O. The first-order chi connectivity index (χ1) is 9.70. The highest BCUT2D eigenvalue weighted by atomic mass is 16.2. The van der Waals surface area contributed by atoms with Gasteiger partial charge in [0.1, 0.15) is 0 Å². The summed E-state index contributed by atoms with van der Waals surface area (Å²) in [6.45, 7) is 4.77. The summed E-state index contributed by atoms with van der Waals surface area (Å²) in [4.78, 5) is 16.5. The topological polar surface area (TPSA) is 49.6 Å². The van der Waals surface area contributed by atoms with Crippen molar-refractivity contribution in [3.63, 3.8) is 0 Å². The van der Waals surface area contributed by atoms with E-state index in [2.05, 4.69) is 4.90 Å². The first-order valence-electron chi connectivity index (χ1n) is 7.47. The van der Waals surface area contributed by atoms with Gasteiger partial charge in [-0.25, -0.2) is 0 Å². The van der Waals surface area contributed by atoms with Gasteiger partial charge in [0.25, 0.3) is 5.91 Å². The Morgan fingerprint density at radius 1 is 1.25 bits per heavy atom. The van der Waals surface area contributed by atoms with E-state index in [-0.39, 0.29) is 5.91 Å². The van der Waals surface area contributed by atoms with Crippen molar-refractivity contribution in [3.05, 3.63) is 35.4 Å². The first-order valence-corrected chi connectivity index (χ1v) is 7.47. The van der Waals surface area contributed by atoms with Gasteiger partial charge in [-0.15, -0.1) is 0 Å². The average molecular weight is 275 g/mol. The van der Waals surface area contributed by atoms with Crippen LogP contribution in [0.4, 0.5) is 0 Å². The zero-order chi connectivity index (χ0) is 14.4. The molecule has 1 aliphatic rings. The summed E-state index contributed by atoms with van der Waals surface area (Å²) in [5.41, 5.74) is 7.47. The van der Waals surface area contributed by atoms with Crippen molar-refractivity contribution in [1.29, 1.82) is 0 Å². The quantitative estimate of drug-likeness (QED) is 0.853. The Bertz CT molecular complexity index is 424. The van der Waals surface area contributed by atoms with E-state index in [0.29, 0.717) is 6.54 Å². The van der Waals surface area contributed by atoms with Crippen molar-refractivity contribution in [2.24, 2.45) is 5.73 Å². The van der Waals surface area contributed by atoms with E-state index in [1.165, 1.54) is 31.5 Å². The number of hydrogen-bond donors (Lipinski definition) is 1. The maximum atomic E-state index is 12.3. The highest BCUT2D eigenvalue weighted by molar-refractivity contribution is 5.94. The number of carbonyl (C=O) groups is 1. The molecule has 0 bridgehead atoms. The second-order valence-corrected chi connectivity index (χ2v) is 5.51. The van der Waals surface area contributed by atoms with Gasteiger partial charge in [-0.1, -0.05) is 12.1 Å². The molecule has 0 aliphatic carbocycles. The summed E-state index contributed by atoms with van der Waals surface area (Å²) in [7, 11) is 1.88. The van der Waals surface area contributed by atoms with Gasteiger partial charge in [0.05, 0.1) is 0 Å². The molecule has 0 aromatic heterocycles. The second kappa shape index (κ2) is 7.41.